The maximum absolute atomic E-state index is 6.00. The number of nitrogens with zero attached hydrogens (tertiary/aromatic N) is 3. The predicted molar refractivity (Wildman–Crippen MR) is 93.8 cm³/mol. The van der Waals surface area contributed by atoms with Crippen LogP contribution in [0.5, 0.6) is 0 Å². The lowest BCUT2D eigenvalue weighted by atomic mass is 10.1. The first-order valence-corrected chi connectivity index (χ1v) is 9.11. The number of fused-ring (bicyclic) bond motifs is 1. The van der Waals surface area contributed by atoms with Crippen molar-refractivity contribution in [3.05, 3.63) is 47.4 Å². The molecule has 1 saturated heterocycles. The van der Waals surface area contributed by atoms with E-state index in [9.17, 15) is 0 Å². The Bertz CT molecular complexity index is 807. The fourth-order valence-electron chi connectivity index (χ4n) is 3.18. The predicted octanol–water partition coefficient (Wildman–Crippen LogP) is 4.16. The minimum Gasteiger partial charge on any atom is -0.462 e. The van der Waals surface area contributed by atoms with E-state index in [1.165, 1.54) is 23.7 Å². The molecule has 2 aromatic heterocycles. The molecule has 0 spiro atoms. The normalized spacial score (nSPS) is 18.5. The van der Waals surface area contributed by atoms with Gasteiger partial charge in [0.25, 0.3) is 0 Å². The highest BCUT2D eigenvalue weighted by Gasteiger charge is 2.19. The van der Waals surface area contributed by atoms with Crippen molar-refractivity contribution >= 4 is 22.8 Å². The van der Waals surface area contributed by atoms with E-state index in [0.717, 1.165) is 55.1 Å². The molecular weight excluding hydrogens is 322 g/mol. The van der Waals surface area contributed by atoms with E-state index in [4.69, 9.17) is 9.15 Å². The molecule has 6 heteroatoms. The summed E-state index contributed by atoms with van der Waals surface area (Å²) in [6.45, 7) is 2.47. The summed E-state index contributed by atoms with van der Waals surface area (Å²) < 4.78 is 20.3. The van der Waals surface area contributed by atoms with Crippen LogP contribution in [-0.2, 0) is 17.8 Å². The molecule has 24 heavy (non-hydrogen) atoms. The monoisotopic (exact) mass is 343 g/mol. The van der Waals surface area contributed by atoms with Crippen molar-refractivity contribution < 1.29 is 9.15 Å². The summed E-state index contributed by atoms with van der Waals surface area (Å²) in [6.07, 6.45) is 3.57. The van der Waals surface area contributed by atoms with Gasteiger partial charge in [0.05, 0.1) is 18.3 Å². The van der Waals surface area contributed by atoms with Crippen LogP contribution in [0.3, 0.4) is 0 Å². The number of rotatable bonds is 5. The van der Waals surface area contributed by atoms with Crippen molar-refractivity contribution in [2.45, 2.75) is 38.5 Å². The Morgan fingerprint density at radius 1 is 1.12 bits per heavy atom. The molecule has 1 aliphatic heterocycles. The summed E-state index contributed by atoms with van der Waals surface area (Å²) in [5, 5.41) is 0. The Balaban J connectivity index is 1.38. The molecule has 1 unspecified atom stereocenters. The zero-order valence-electron chi connectivity index (χ0n) is 13.8. The molecule has 0 bridgehead atoms. The third-order valence-electron chi connectivity index (χ3n) is 4.38. The smallest absolute Gasteiger partial charge is 0.133 e. The third kappa shape index (κ3) is 3.50. The summed E-state index contributed by atoms with van der Waals surface area (Å²) >= 11 is 1.26. The summed E-state index contributed by atoms with van der Waals surface area (Å²) in [5.74, 6) is 1.95. The summed E-state index contributed by atoms with van der Waals surface area (Å²) in [5.41, 5.74) is 3.18. The lowest BCUT2D eigenvalue weighted by molar-refractivity contribution is 0.000907. The highest BCUT2D eigenvalue weighted by molar-refractivity contribution is 7.00. The molecule has 5 nitrogen and oxygen atoms in total. The van der Waals surface area contributed by atoms with Gasteiger partial charge in [-0.3, -0.25) is 4.90 Å². The van der Waals surface area contributed by atoms with Crippen LogP contribution < -0.4 is 0 Å². The van der Waals surface area contributed by atoms with E-state index >= 15 is 0 Å². The summed E-state index contributed by atoms with van der Waals surface area (Å²) in [7, 11) is 2.10. The van der Waals surface area contributed by atoms with Crippen molar-refractivity contribution in [2.24, 2.45) is 0 Å². The highest BCUT2D eigenvalue weighted by Crippen LogP contribution is 2.29. The molecule has 0 aliphatic carbocycles. The minimum absolute atomic E-state index is 0.136. The van der Waals surface area contributed by atoms with E-state index in [2.05, 4.69) is 45.0 Å². The van der Waals surface area contributed by atoms with Crippen LogP contribution in [0.4, 0.5) is 0 Å². The second-order valence-corrected chi connectivity index (χ2v) is 6.95. The van der Waals surface area contributed by atoms with Gasteiger partial charge in [0.15, 0.2) is 0 Å². The van der Waals surface area contributed by atoms with Crippen molar-refractivity contribution in [3.63, 3.8) is 0 Å². The maximum atomic E-state index is 6.00. The minimum atomic E-state index is 0.136. The van der Waals surface area contributed by atoms with Crippen molar-refractivity contribution in [1.29, 1.82) is 0 Å². The largest absolute Gasteiger partial charge is 0.462 e. The van der Waals surface area contributed by atoms with Crippen molar-refractivity contribution in [2.75, 3.05) is 13.7 Å². The Hall–Kier alpha value is -1.76. The molecule has 0 N–H and O–H groups in total. The fraction of sp³-hybridized carbons (Fsp3) is 0.444. The Labute approximate surface area is 145 Å². The van der Waals surface area contributed by atoms with Crippen LogP contribution in [0.2, 0.25) is 0 Å². The number of furan rings is 1. The topological polar surface area (TPSA) is 51.4 Å². The maximum Gasteiger partial charge on any atom is 0.133 e. The van der Waals surface area contributed by atoms with E-state index in [1.54, 1.807) is 0 Å². The van der Waals surface area contributed by atoms with Gasteiger partial charge in [-0.25, -0.2) is 0 Å². The van der Waals surface area contributed by atoms with Gasteiger partial charge in [0, 0.05) is 13.2 Å². The van der Waals surface area contributed by atoms with Crippen LogP contribution in [-0.4, -0.2) is 27.3 Å². The molecule has 1 aromatic carbocycles. The SMILES string of the molecule is CN(Cc1ccc2nsnc2c1)Cc1ccc(C2CCCCO2)o1. The van der Waals surface area contributed by atoms with Gasteiger partial charge in [0.2, 0.25) is 0 Å². The third-order valence-corrected chi connectivity index (χ3v) is 4.93. The molecule has 0 amide bonds. The second kappa shape index (κ2) is 7.01. The molecule has 0 radical (unpaired) electrons. The number of hydrogen-bond donors (Lipinski definition) is 0. The van der Waals surface area contributed by atoms with E-state index in [-0.39, 0.29) is 6.10 Å². The van der Waals surface area contributed by atoms with Gasteiger partial charge in [-0.15, -0.1) is 0 Å². The first kappa shape index (κ1) is 15.7. The second-order valence-electron chi connectivity index (χ2n) is 6.42. The quantitative estimate of drug-likeness (QED) is 0.696. The van der Waals surface area contributed by atoms with Gasteiger partial charge < -0.3 is 9.15 Å². The average molecular weight is 343 g/mol. The molecule has 4 rings (SSSR count). The average Bonchev–Trinajstić information content (AvgIpc) is 3.24. The van der Waals surface area contributed by atoms with E-state index in [0.29, 0.717) is 0 Å². The van der Waals surface area contributed by atoms with Crippen molar-refractivity contribution in [3.8, 4) is 0 Å². The van der Waals surface area contributed by atoms with Crippen LogP contribution in [0.1, 0.15) is 42.5 Å². The molecule has 3 aromatic rings. The highest BCUT2D eigenvalue weighted by atomic mass is 32.1. The summed E-state index contributed by atoms with van der Waals surface area (Å²) in [4.78, 5) is 2.24. The summed E-state index contributed by atoms with van der Waals surface area (Å²) in [6, 6.07) is 10.4. The van der Waals surface area contributed by atoms with Gasteiger partial charge in [0.1, 0.15) is 28.7 Å². The Kier molecular flexibility index (Phi) is 4.60. The van der Waals surface area contributed by atoms with Crippen LogP contribution in [0.25, 0.3) is 11.0 Å². The molecule has 1 atom stereocenters. The zero-order valence-corrected chi connectivity index (χ0v) is 14.6. The molecule has 0 saturated carbocycles. The van der Waals surface area contributed by atoms with Gasteiger partial charge >= 0.3 is 0 Å². The van der Waals surface area contributed by atoms with Gasteiger partial charge in [-0.2, -0.15) is 8.75 Å². The van der Waals surface area contributed by atoms with E-state index < -0.39 is 0 Å². The number of aromatic nitrogens is 2. The standard InChI is InChI=1S/C18H21N3O2S/c1-21(11-13-5-7-15-16(10-13)20-24-19-15)12-14-6-8-18(23-14)17-4-2-3-9-22-17/h5-8,10,17H,2-4,9,11-12H2,1H3. The molecular formula is C18H21N3O2S. The number of ether oxygens (including phenoxy) is 1. The first-order chi connectivity index (χ1) is 11.8. The number of hydrogen-bond acceptors (Lipinski definition) is 6. The lowest BCUT2D eigenvalue weighted by Gasteiger charge is -2.20. The van der Waals surface area contributed by atoms with Crippen LogP contribution in [0.15, 0.2) is 34.7 Å². The van der Waals surface area contributed by atoms with Crippen LogP contribution in [0, 0.1) is 0 Å². The lowest BCUT2D eigenvalue weighted by Crippen LogP contribution is -2.16. The molecule has 126 valence electrons. The van der Waals surface area contributed by atoms with Crippen molar-refractivity contribution in [1.82, 2.24) is 13.6 Å². The van der Waals surface area contributed by atoms with Crippen LogP contribution >= 0.6 is 11.7 Å². The Morgan fingerprint density at radius 2 is 2.04 bits per heavy atom. The van der Waals surface area contributed by atoms with E-state index in [1.807, 2.05) is 6.07 Å². The van der Waals surface area contributed by atoms with Gasteiger partial charge in [-0.1, -0.05) is 6.07 Å². The molecule has 1 aliphatic rings. The Morgan fingerprint density at radius 3 is 2.92 bits per heavy atom. The molecule has 3 heterocycles. The molecule has 1 fully saturated rings. The zero-order chi connectivity index (χ0) is 16.4. The fourth-order valence-corrected chi connectivity index (χ4v) is 3.69. The number of benzene rings is 1. The first-order valence-electron chi connectivity index (χ1n) is 8.38. The van der Waals surface area contributed by atoms with Gasteiger partial charge in [-0.05, 0) is 56.1 Å².